The molecule has 23 heavy (non-hydrogen) atoms. The molecule has 0 bridgehead atoms. The molecule has 2 heterocycles. The van der Waals surface area contributed by atoms with Gasteiger partial charge in [-0.15, -0.1) is 0 Å². The van der Waals surface area contributed by atoms with Crippen molar-refractivity contribution in [2.45, 2.75) is 38.8 Å². The minimum absolute atomic E-state index is 0.134. The molecule has 0 aromatic heterocycles. The third-order valence-corrected chi connectivity index (χ3v) is 4.95. The molecule has 0 radical (unpaired) electrons. The van der Waals surface area contributed by atoms with Gasteiger partial charge < -0.3 is 25.6 Å². The number of fused-ring (bicyclic) bond motifs is 3. The van der Waals surface area contributed by atoms with Gasteiger partial charge in [0.1, 0.15) is 11.4 Å². The number of hydrogen-bond donors (Lipinski definition) is 2. The number of ether oxygens (including phenoxy) is 1. The lowest BCUT2D eigenvalue weighted by molar-refractivity contribution is -0.114. The molecular weight excluding hydrogens is 296 g/mol. The summed E-state index contributed by atoms with van der Waals surface area (Å²) in [5.41, 5.74) is 6.11. The summed E-state index contributed by atoms with van der Waals surface area (Å²) in [7, 11) is 0. The average Bonchev–Trinajstić information content (AvgIpc) is 2.79. The highest BCUT2D eigenvalue weighted by atomic mass is 16.5. The van der Waals surface area contributed by atoms with E-state index in [4.69, 9.17) is 10.5 Å². The Labute approximate surface area is 135 Å². The molecule has 124 valence electrons. The Balaban J connectivity index is 2.07. The average molecular weight is 318 g/mol. The van der Waals surface area contributed by atoms with Gasteiger partial charge in [-0.05, 0) is 39.0 Å². The highest BCUT2D eigenvalue weighted by Crippen LogP contribution is 2.49. The van der Waals surface area contributed by atoms with Gasteiger partial charge in [0, 0.05) is 12.6 Å². The van der Waals surface area contributed by atoms with Crippen molar-refractivity contribution >= 4 is 23.3 Å². The first-order valence-electron chi connectivity index (χ1n) is 7.57. The number of benzene rings is 1. The molecule has 1 unspecified atom stereocenters. The largest absolute Gasteiger partial charge is 0.483 e. The molecule has 7 heteroatoms. The molecule has 3 rings (SSSR count). The van der Waals surface area contributed by atoms with Crippen LogP contribution in [0.15, 0.2) is 18.2 Å². The maximum atomic E-state index is 11.6. The van der Waals surface area contributed by atoms with Crippen LogP contribution in [0.5, 0.6) is 5.75 Å². The van der Waals surface area contributed by atoms with Gasteiger partial charge in [-0.3, -0.25) is 4.79 Å². The Morgan fingerprint density at radius 1 is 1.30 bits per heavy atom. The van der Waals surface area contributed by atoms with Crippen LogP contribution in [0.3, 0.4) is 0 Å². The number of rotatable bonds is 1. The van der Waals surface area contributed by atoms with Crippen LogP contribution in [0.25, 0.3) is 0 Å². The van der Waals surface area contributed by atoms with Gasteiger partial charge in [0.25, 0.3) is 0 Å². The zero-order chi connectivity index (χ0) is 17.0. The van der Waals surface area contributed by atoms with E-state index in [-0.39, 0.29) is 5.91 Å². The van der Waals surface area contributed by atoms with Crippen molar-refractivity contribution in [2.75, 3.05) is 23.4 Å². The SMILES string of the molecule is CC(=O)Nc1ccc2c(c1)N1CN(C(N)=O)CC1(C)C(C)(C)O2. The van der Waals surface area contributed by atoms with E-state index in [1.54, 1.807) is 11.0 Å². The highest BCUT2D eigenvalue weighted by Gasteiger charge is 2.57. The fourth-order valence-electron chi connectivity index (χ4n) is 3.32. The lowest BCUT2D eigenvalue weighted by atomic mass is 9.81. The number of hydrogen-bond acceptors (Lipinski definition) is 4. The van der Waals surface area contributed by atoms with Crippen LogP contribution in [0.1, 0.15) is 27.7 Å². The van der Waals surface area contributed by atoms with Crippen LogP contribution < -0.4 is 20.7 Å². The molecule has 1 aromatic rings. The van der Waals surface area contributed by atoms with Gasteiger partial charge in [0.15, 0.2) is 0 Å². The summed E-state index contributed by atoms with van der Waals surface area (Å²) >= 11 is 0. The number of nitrogens with zero attached hydrogens (tertiary/aromatic N) is 2. The quantitative estimate of drug-likeness (QED) is 0.825. The Bertz CT molecular complexity index is 688. The Kier molecular flexibility index (Phi) is 3.21. The van der Waals surface area contributed by atoms with E-state index in [9.17, 15) is 9.59 Å². The molecule has 3 amide bonds. The monoisotopic (exact) mass is 318 g/mol. The highest BCUT2D eigenvalue weighted by molar-refractivity contribution is 5.90. The van der Waals surface area contributed by atoms with Crippen molar-refractivity contribution < 1.29 is 14.3 Å². The number of anilines is 2. The number of carbonyl (C=O) groups is 2. The van der Waals surface area contributed by atoms with Crippen LogP contribution in [-0.4, -0.2) is 41.2 Å². The van der Waals surface area contributed by atoms with E-state index in [0.717, 1.165) is 11.4 Å². The maximum Gasteiger partial charge on any atom is 0.316 e. The Morgan fingerprint density at radius 3 is 2.61 bits per heavy atom. The second-order valence-corrected chi connectivity index (χ2v) is 6.86. The van der Waals surface area contributed by atoms with E-state index < -0.39 is 17.2 Å². The molecule has 0 saturated carbocycles. The van der Waals surface area contributed by atoms with Crippen molar-refractivity contribution in [3.8, 4) is 5.75 Å². The number of carbonyl (C=O) groups excluding carboxylic acids is 2. The van der Waals surface area contributed by atoms with E-state index in [0.29, 0.717) is 18.9 Å². The van der Waals surface area contributed by atoms with E-state index in [1.807, 2.05) is 26.0 Å². The summed E-state index contributed by atoms with van der Waals surface area (Å²) in [6.07, 6.45) is 0. The molecule has 0 aliphatic carbocycles. The summed E-state index contributed by atoms with van der Waals surface area (Å²) in [5, 5.41) is 2.78. The lowest BCUT2D eigenvalue weighted by Gasteiger charge is -2.51. The maximum absolute atomic E-state index is 11.6. The van der Waals surface area contributed by atoms with Crippen LogP contribution in [0.2, 0.25) is 0 Å². The van der Waals surface area contributed by atoms with Crippen molar-refractivity contribution in [1.29, 1.82) is 0 Å². The van der Waals surface area contributed by atoms with Crippen molar-refractivity contribution in [3.05, 3.63) is 18.2 Å². The topological polar surface area (TPSA) is 87.9 Å². The fraction of sp³-hybridized carbons (Fsp3) is 0.500. The van der Waals surface area contributed by atoms with Gasteiger partial charge in [-0.25, -0.2) is 4.79 Å². The van der Waals surface area contributed by atoms with E-state index in [2.05, 4.69) is 17.1 Å². The number of primary amides is 1. The molecule has 1 atom stereocenters. The van der Waals surface area contributed by atoms with Gasteiger partial charge in [-0.1, -0.05) is 0 Å². The van der Waals surface area contributed by atoms with Gasteiger partial charge in [-0.2, -0.15) is 0 Å². The standard InChI is InChI=1S/C16H22N4O3/c1-10(21)18-11-5-6-13-12(7-11)20-9-19(14(17)22)8-16(20,4)15(2,3)23-13/h5-7H,8-9H2,1-4H3,(H2,17,22)(H,18,21). The summed E-state index contributed by atoms with van der Waals surface area (Å²) in [4.78, 5) is 26.7. The van der Waals surface area contributed by atoms with Crippen molar-refractivity contribution in [3.63, 3.8) is 0 Å². The van der Waals surface area contributed by atoms with Crippen LogP contribution in [0, 0.1) is 0 Å². The lowest BCUT2D eigenvalue weighted by Crippen LogP contribution is -2.64. The Hall–Kier alpha value is -2.44. The molecule has 0 spiro atoms. The first-order chi connectivity index (χ1) is 10.6. The molecule has 7 nitrogen and oxygen atoms in total. The first-order valence-corrected chi connectivity index (χ1v) is 7.57. The Morgan fingerprint density at radius 2 is 2.00 bits per heavy atom. The molecule has 3 N–H and O–H groups in total. The summed E-state index contributed by atoms with van der Waals surface area (Å²) in [6, 6.07) is 5.07. The van der Waals surface area contributed by atoms with Crippen molar-refractivity contribution in [1.82, 2.24) is 4.90 Å². The fourth-order valence-corrected chi connectivity index (χ4v) is 3.32. The molecule has 2 aliphatic heterocycles. The zero-order valence-corrected chi connectivity index (χ0v) is 13.8. The minimum atomic E-state index is -0.500. The number of amides is 3. The normalized spacial score (nSPS) is 24.5. The third-order valence-electron chi connectivity index (χ3n) is 4.95. The first kappa shape index (κ1) is 15.5. The van der Waals surface area contributed by atoms with Crippen LogP contribution >= 0.6 is 0 Å². The number of urea groups is 1. The third kappa shape index (κ3) is 2.27. The summed E-state index contributed by atoms with van der Waals surface area (Å²) in [6.45, 7) is 8.43. The number of nitrogens with one attached hydrogen (secondary N) is 1. The van der Waals surface area contributed by atoms with Gasteiger partial charge in [0.2, 0.25) is 5.91 Å². The molecule has 1 saturated heterocycles. The summed E-state index contributed by atoms with van der Waals surface area (Å²) in [5.74, 6) is 0.595. The smallest absolute Gasteiger partial charge is 0.316 e. The zero-order valence-electron chi connectivity index (χ0n) is 13.8. The van der Waals surface area contributed by atoms with Gasteiger partial charge in [0.05, 0.1) is 24.4 Å². The van der Waals surface area contributed by atoms with Crippen molar-refractivity contribution in [2.24, 2.45) is 5.73 Å². The second kappa shape index (κ2) is 4.78. The molecule has 1 fully saturated rings. The van der Waals surface area contributed by atoms with E-state index in [1.165, 1.54) is 6.92 Å². The molecular formula is C16H22N4O3. The predicted octanol–water partition coefficient (Wildman–Crippen LogP) is 1.73. The van der Waals surface area contributed by atoms with E-state index >= 15 is 0 Å². The van der Waals surface area contributed by atoms with Crippen LogP contribution in [-0.2, 0) is 4.79 Å². The second-order valence-electron chi connectivity index (χ2n) is 6.86. The number of nitrogens with two attached hydrogens (primary N) is 1. The predicted molar refractivity (Wildman–Crippen MR) is 87.5 cm³/mol. The molecule has 2 aliphatic rings. The summed E-state index contributed by atoms with van der Waals surface area (Å²) < 4.78 is 6.19. The molecule has 1 aromatic carbocycles. The van der Waals surface area contributed by atoms with Gasteiger partial charge >= 0.3 is 6.03 Å². The minimum Gasteiger partial charge on any atom is -0.483 e. The van der Waals surface area contributed by atoms with Crippen LogP contribution in [0.4, 0.5) is 16.2 Å².